The first-order valence-corrected chi connectivity index (χ1v) is 2.35. The summed E-state index contributed by atoms with van der Waals surface area (Å²) in [5.41, 5.74) is 1.75. The van der Waals surface area contributed by atoms with Gasteiger partial charge in [0.05, 0.1) is 0 Å². The highest BCUT2D eigenvalue weighted by Gasteiger charge is 1.91. The highest BCUT2D eigenvalue weighted by Crippen LogP contribution is 2.05. The van der Waals surface area contributed by atoms with Crippen molar-refractivity contribution in [1.29, 1.82) is 0 Å². The molecule has 0 atom stereocenters. The fourth-order valence-corrected chi connectivity index (χ4v) is 0.423. The summed E-state index contributed by atoms with van der Waals surface area (Å²) in [6.45, 7) is 5.56. The van der Waals surface area contributed by atoms with E-state index in [9.17, 15) is 0 Å². The Bertz CT molecular complexity index is 176. The maximum Gasteiger partial charge on any atom is 0.181 e. The molecule has 8 heavy (non-hydrogen) atoms. The molecule has 0 radical (unpaired) electrons. The molecular weight excluding hydrogens is 102 g/mol. The number of hydrogen-bond donors (Lipinski definition) is 0. The lowest BCUT2D eigenvalue weighted by molar-refractivity contribution is 0.557. The third-order valence-electron chi connectivity index (χ3n) is 0.870. The van der Waals surface area contributed by atoms with Crippen molar-refractivity contribution in [2.24, 2.45) is 0 Å². The summed E-state index contributed by atoms with van der Waals surface area (Å²) >= 11 is 0. The van der Waals surface area contributed by atoms with Crippen LogP contribution in [-0.2, 0) is 0 Å². The largest absolute Gasteiger partial charge is 0.451 e. The van der Waals surface area contributed by atoms with Crippen LogP contribution >= 0.6 is 0 Å². The summed E-state index contributed by atoms with van der Waals surface area (Å²) in [5.74, 6) is 0. The van der Waals surface area contributed by atoms with E-state index >= 15 is 0 Å². The van der Waals surface area contributed by atoms with Gasteiger partial charge in [-0.05, 0) is 12.5 Å². The lowest BCUT2D eigenvalue weighted by Crippen LogP contribution is -1.72. The molecule has 1 aromatic heterocycles. The highest BCUT2D eigenvalue weighted by molar-refractivity contribution is 5.55. The van der Waals surface area contributed by atoms with Gasteiger partial charge in [-0.15, -0.1) is 0 Å². The van der Waals surface area contributed by atoms with E-state index in [0.717, 1.165) is 11.3 Å². The van der Waals surface area contributed by atoms with Crippen molar-refractivity contribution in [2.75, 3.05) is 0 Å². The minimum Gasteiger partial charge on any atom is -0.451 e. The zero-order valence-electron chi connectivity index (χ0n) is 4.72. The standard InChI is InChI=1S/C6H7NO/c1-5(2)6-3-8-4-7-6/h3-4H,1H2,2H3. The Morgan fingerprint density at radius 3 is 2.88 bits per heavy atom. The van der Waals surface area contributed by atoms with Gasteiger partial charge < -0.3 is 4.42 Å². The van der Waals surface area contributed by atoms with Crippen LogP contribution in [0.3, 0.4) is 0 Å². The predicted octanol–water partition coefficient (Wildman–Crippen LogP) is 1.71. The van der Waals surface area contributed by atoms with E-state index in [4.69, 9.17) is 4.42 Å². The zero-order chi connectivity index (χ0) is 5.98. The maximum atomic E-state index is 4.70. The molecule has 0 saturated heterocycles. The molecule has 1 aromatic rings. The van der Waals surface area contributed by atoms with E-state index in [1.54, 1.807) is 6.26 Å². The first-order chi connectivity index (χ1) is 3.80. The number of aromatic nitrogens is 1. The lowest BCUT2D eigenvalue weighted by Gasteiger charge is -1.83. The van der Waals surface area contributed by atoms with Crippen LogP contribution < -0.4 is 0 Å². The van der Waals surface area contributed by atoms with E-state index in [-0.39, 0.29) is 0 Å². The monoisotopic (exact) mass is 109 g/mol. The van der Waals surface area contributed by atoms with Crippen molar-refractivity contribution in [3.8, 4) is 0 Å². The smallest absolute Gasteiger partial charge is 0.181 e. The summed E-state index contributed by atoms with van der Waals surface area (Å²) in [4.78, 5) is 3.85. The summed E-state index contributed by atoms with van der Waals surface area (Å²) < 4.78 is 4.70. The van der Waals surface area contributed by atoms with Crippen molar-refractivity contribution >= 4 is 5.57 Å². The summed E-state index contributed by atoms with van der Waals surface area (Å²) in [5, 5.41) is 0. The maximum absolute atomic E-state index is 4.70. The second-order valence-corrected chi connectivity index (χ2v) is 1.65. The van der Waals surface area contributed by atoms with E-state index in [0.29, 0.717) is 0 Å². The van der Waals surface area contributed by atoms with E-state index in [1.807, 2.05) is 6.92 Å². The highest BCUT2D eigenvalue weighted by atomic mass is 16.3. The lowest BCUT2D eigenvalue weighted by atomic mass is 10.3. The SMILES string of the molecule is C=C(C)c1cocn1. The van der Waals surface area contributed by atoms with Gasteiger partial charge in [0.1, 0.15) is 12.0 Å². The van der Waals surface area contributed by atoms with Crippen LogP contribution in [-0.4, -0.2) is 4.98 Å². The molecular formula is C6H7NO. The summed E-state index contributed by atoms with van der Waals surface area (Å²) in [7, 11) is 0. The molecule has 0 aliphatic carbocycles. The van der Waals surface area contributed by atoms with Crippen LogP contribution in [0.4, 0.5) is 0 Å². The zero-order valence-corrected chi connectivity index (χ0v) is 4.72. The molecule has 42 valence electrons. The van der Waals surface area contributed by atoms with Gasteiger partial charge in [0.15, 0.2) is 6.39 Å². The molecule has 1 rings (SSSR count). The second-order valence-electron chi connectivity index (χ2n) is 1.65. The van der Waals surface area contributed by atoms with Gasteiger partial charge in [0.2, 0.25) is 0 Å². The average molecular weight is 109 g/mol. The fraction of sp³-hybridized carbons (Fsp3) is 0.167. The number of allylic oxidation sites excluding steroid dienone is 1. The van der Waals surface area contributed by atoms with Crippen LogP contribution in [0.5, 0.6) is 0 Å². The Hall–Kier alpha value is -1.05. The minimum atomic E-state index is 0.824. The third kappa shape index (κ3) is 0.780. The molecule has 0 amide bonds. The Kier molecular flexibility index (Phi) is 1.16. The van der Waals surface area contributed by atoms with Crippen molar-refractivity contribution in [3.63, 3.8) is 0 Å². The van der Waals surface area contributed by atoms with Crippen molar-refractivity contribution < 1.29 is 4.42 Å². The van der Waals surface area contributed by atoms with Gasteiger partial charge in [-0.3, -0.25) is 0 Å². The van der Waals surface area contributed by atoms with Gasteiger partial charge >= 0.3 is 0 Å². The van der Waals surface area contributed by atoms with Gasteiger partial charge in [-0.2, -0.15) is 0 Å². The van der Waals surface area contributed by atoms with E-state index < -0.39 is 0 Å². The fourth-order valence-electron chi connectivity index (χ4n) is 0.423. The molecule has 0 saturated carbocycles. The van der Waals surface area contributed by atoms with E-state index in [1.165, 1.54) is 6.39 Å². The van der Waals surface area contributed by atoms with Gasteiger partial charge in [0, 0.05) is 0 Å². The summed E-state index contributed by atoms with van der Waals surface area (Å²) in [6, 6.07) is 0. The molecule has 0 aromatic carbocycles. The Morgan fingerprint density at radius 2 is 2.62 bits per heavy atom. The molecule has 0 bridgehead atoms. The van der Waals surface area contributed by atoms with E-state index in [2.05, 4.69) is 11.6 Å². The molecule has 0 unspecified atom stereocenters. The van der Waals surface area contributed by atoms with Crippen LogP contribution in [0.2, 0.25) is 0 Å². The predicted molar refractivity (Wildman–Crippen MR) is 31.2 cm³/mol. The van der Waals surface area contributed by atoms with Gasteiger partial charge in [-0.25, -0.2) is 4.98 Å². The molecule has 1 heterocycles. The molecule has 2 heteroatoms. The molecule has 0 fully saturated rings. The number of nitrogens with zero attached hydrogens (tertiary/aromatic N) is 1. The van der Waals surface area contributed by atoms with Crippen molar-refractivity contribution in [3.05, 3.63) is 24.9 Å². The van der Waals surface area contributed by atoms with Crippen LogP contribution in [0.15, 0.2) is 23.7 Å². The molecule has 0 aliphatic heterocycles. The van der Waals surface area contributed by atoms with Crippen molar-refractivity contribution in [1.82, 2.24) is 4.98 Å². The Balaban J connectivity index is 2.93. The topological polar surface area (TPSA) is 26.0 Å². The second kappa shape index (κ2) is 1.82. The minimum absolute atomic E-state index is 0.824. The Labute approximate surface area is 47.9 Å². The average Bonchev–Trinajstić information content (AvgIpc) is 2.12. The molecule has 0 N–H and O–H groups in total. The Morgan fingerprint density at radius 1 is 1.88 bits per heavy atom. The molecule has 2 nitrogen and oxygen atoms in total. The van der Waals surface area contributed by atoms with Crippen molar-refractivity contribution in [2.45, 2.75) is 6.92 Å². The van der Waals surface area contributed by atoms with Gasteiger partial charge in [-0.1, -0.05) is 6.58 Å². The number of oxazole rings is 1. The van der Waals surface area contributed by atoms with Crippen LogP contribution in [0, 0.1) is 0 Å². The first kappa shape index (κ1) is 5.09. The number of rotatable bonds is 1. The first-order valence-electron chi connectivity index (χ1n) is 2.35. The normalized spacial score (nSPS) is 9.12. The molecule has 0 aliphatic rings. The summed E-state index contributed by atoms with van der Waals surface area (Å²) in [6.07, 6.45) is 2.96. The van der Waals surface area contributed by atoms with Gasteiger partial charge in [0.25, 0.3) is 0 Å². The quantitative estimate of drug-likeness (QED) is 0.548. The van der Waals surface area contributed by atoms with Crippen LogP contribution in [0.25, 0.3) is 5.57 Å². The molecule has 0 spiro atoms. The van der Waals surface area contributed by atoms with Crippen LogP contribution in [0.1, 0.15) is 12.6 Å². The number of hydrogen-bond acceptors (Lipinski definition) is 2. The third-order valence-corrected chi connectivity index (χ3v) is 0.870.